The molecule has 38 heavy (non-hydrogen) atoms. The molecule has 1 aliphatic heterocycles. The summed E-state index contributed by atoms with van der Waals surface area (Å²) in [6.07, 6.45) is 0. The summed E-state index contributed by atoms with van der Waals surface area (Å²) in [6.45, 7) is 3.58. The Morgan fingerprint density at radius 3 is 2.63 bits per heavy atom. The minimum atomic E-state index is -0.791. The summed E-state index contributed by atoms with van der Waals surface area (Å²) >= 11 is 5.48. The van der Waals surface area contributed by atoms with Crippen molar-refractivity contribution >= 4 is 73.4 Å². The van der Waals surface area contributed by atoms with Gasteiger partial charge in [-0.05, 0) is 41.6 Å². The van der Waals surface area contributed by atoms with E-state index in [2.05, 4.69) is 39.4 Å². The van der Waals surface area contributed by atoms with E-state index in [0.717, 1.165) is 9.88 Å². The first kappa shape index (κ1) is 24.9. The third-order valence-corrected chi connectivity index (χ3v) is 10.3. The molecule has 2 aromatic carbocycles. The van der Waals surface area contributed by atoms with E-state index < -0.39 is 23.5 Å². The van der Waals surface area contributed by atoms with E-state index in [1.54, 1.807) is 6.92 Å². The smallest absolute Gasteiger partial charge is 0.296 e. The highest BCUT2D eigenvalue weighted by molar-refractivity contribution is 8.00. The van der Waals surface area contributed by atoms with E-state index in [4.69, 9.17) is 0 Å². The van der Waals surface area contributed by atoms with Gasteiger partial charge in [0.2, 0.25) is 10.9 Å². The lowest BCUT2D eigenvalue weighted by atomic mass is 10.0. The monoisotopic (exact) mass is 576 g/mol. The maximum Gasteiger partial charge on any atom is 0.296 e. The van der Waals surface area contributed by atoms with Crippen molar-refractivity contribution in [3.8, 4) is 0 Å². The van der Waals surface area contributed by atoms with Crippen LogP contribution in [0.15, 0.2) is 75.6 Å². The lowest BCUT2D eigenvalue weighted by Gasteiger charge is -2.22. The summed E-state index contributed by atoms with van der Waals surface area (Å²) in [5, 5.41) is 24.9. The summed E-state index contributed by atoms with van der Waals surface area (Å²) in [5.74, 6) is -0.920. The number of hydrogen-bond acceptors (Lipinski definition) is 10. The Bertz CT molecular complexity index is 1720. The van der Waals surface area contributed by atoms with E-state index in [0.29, 0.717) is 25.8 Å². The summed E-state index contributed by atoms with van der Waals surface area (Å²) in [4.78, 5) is 33.9. The number of amides is 1. The van der Waals surface area contributed by atoms with Crippen LogP contribution < -0.4 is 4.90 Å². The van der Waals surface area contributed by atoms with Crippen molar-refractivity contribution in [3.63, 3.8) is 0 Å². The van der Waals surface area contributed by atoms with Gasteiger partial charge in [-0.2, -0.15) is 0 Å². The number of aliphatic hydroxyl groups excluding tert-OH is 1. The molecule has 7 nitrogen and oxygen atoms in total. The zero-order valence-corrected chi connectivity index (χ0v) is 23.5. The highest BCUT2D eigenvalue weighted by Gasteiger charge is 2.47. The van der Waals surface area contributed by atoms with Gasteiger partial charge in [0.25, 0.3) is 5.91 Å². The van der Waals surface area contributed by atoms with Gasteiger partial charge >= 0.3 is 0 Å². The third-order valence-electron chi connectivity index (χ3n) is 6.21. The largest absolute Gasteiger partial charge is 0.503 e. The normalized spacial score (nSPS) is 15.7. The Morgan fingerprint density at radius 2 is 1.87 bits per heavy atom. The van der Waals surface area contributed by atoms with Crippen LogP contribution in [0.2, 0.25) is 0 Å². The maximum atomic E-state index is 13.6. The SMILES string of the molecule is Cc1nc(C)c(C(=O)C2=C(O)C(=O)N(c3nnc(SCc4cccc5ccccc45)s3)C2c2cccs2)s1. The number of carbonyl (C=O) groups is 2. The summed E-state index contributed by atoms with van der Waals surface area (Å²) < 4.78 is 0.693. The summed E-state index contributed by atoms with van der Waals surface area (Å²) in [5.41, 5.74) is 1.81. The van der Waals surface area contributed by atoms with Gasteiger partial charge < -0.3 is 5.11 Å². The van der Waals surface area contributed by atoms with Crippen LogP contribution in [0, 0.1) is 13.8 Å². The van der Waals surface area contributed by atoms with E-state index in [1.165, 1.54) is 67.0 Å². The molecular weight excluding hydrogens is 557 g/mol. The van der Waals surface area contributed by atoms with Gasteiger partial charge in [0.1, 0.15) is 6.04 Å². The van der Waals surface area contributed by atoms with Crippen molar-refractivity contribution in [2.75, 3.05) is 4.90 Å². The minimum Gasteiger partial charge on any atom is -0.503 e. The molecule has 0 bridgehead atoms. The molecule has 11 heteroatoms. The molecular formula is C27H20N4O3S4. The van der Waals surface area contributed by atoms with Gasteiger partial charge in [-0.15, -0.1) is 32.9 Å². The molecule has 190 valence electrons. The van der Waals surface area contributed by atoms with Crippen molar-refractivity contribution < 1.29 is 14.7 Å². The van der Waals surface area contributed by atoms with E-state index in [-0.39, 0.29) is 5.57 Å². The Kier molecular flexibility index (Phi) is 6.60. The number of ketones is 1. The van der Waals surface area contributed by atoms with Gasteiger partial charge in [-0.3, -0.25) is 14.5 Å². The van der Waals surface area contributed by atoms with Gasteiger partial charge in [0, 0.05) is 10.6 Å². The van der Waals surface area contributed by atoms with Crippen LogP contribution in [0.3, 0.4) is 0 Å². The third kappa shape index (κ3) is 4.35. The molecule has 0 saturated carbocycles. The second-order valence-corrected chi connectivity index (χ2v) is 13.0. The first-order valence-electron chi connectivity index (χ1n) is 11.6. The van der Waals surface area contributed by atoms with Crippen LogP contribution in [0.5, 0.6) is 0 Å². The first-order valence-corrected chi connectivity index (χ1v) is 15.1. The number of hydrogen-bond donors (Lipinski definition) is 1. The molecule has 0 fully saturated rings. The summed E-state index contributed by atoms with van der Waals surface area (Å²) in [7, 11) is 0. The van der Waals surface area contributed by atoms with Crippen LogP contribution >= 0.6 is 45.8 Å². The predicted molar refractivity (Wildman–Crippen MR) is 154 cm³/mol. The molecule has 5 aromatic rings. The predicted octanol–water partition coefficient (Wildman–Crippen LogP) is 6.90. The van der Waals surface area contributed by atoms with Crippen molar-refractivity contribution in [1.29, 1.82) is 0 Å². The van der Waals surface area contributed by atoms with Gasteiger partial charge in [-0.1, -0.05) is 71.6 Å². The quantitative estimate of drug-likeness (QED) is 0.128. The van der Waals surface area contributed by atoms with Crippen molar-refractivity contribution in [2.45, 2.75) is 30.0 Å². The van der Waals surface area contributed by atoms with E-state index in [9.17, 15) is 14.7 Å². The number of benzene rings is 2. The molecule has 0 aliphatic carbocycles. The average molecular weight is 577 g/mol. The molecule has 1 aliphatic rings. The van der Waals surface area contributed by atoms with Crippen LogP contribution in [-0.2, 0) is 10.5 Å². The maximum absolute atomic E-state index is 13.6. The van der Waals surface area contributed by atoms with Crippen LogP contribution in [0.25, 0.3) is 10.8 Å². The fourth-order valence-corrected chi connectivity index (χ4v) is 8.10. The fourth-order valence-electron chi connectivity index (χ4n) is 4.53. The molecule has 0 radical (unpaired) electrons. The van der Waals surface area contributed by atoms with Gasteiger partial charge in [0.15, 0.2) is 10.1 Å². The van der Waals surface area contributed by atoms with Crippen LogP contribution in [0.4, 0.5) is 5.13 Å². The van der Waals surface area contributed by atoms with Crippen molar-refractivity contribution in [2.24, 2.45) is 0 Å². The van der Waals surface area contributed by atoms with Gasteiger partial charge in [0.05, 0.1) is 21.2 Å². The number of carbonyl (C=O) groups excluding carboxylic acids is 2. The molecule has 4 heterocycles. The van der Waals surface area contributed by atoms with Crippen LogP contribution in [0.1, 0.15) is 36.9 Å². The van der Waals surface area contributed by atoms with E-state index >= 15 is 0 Å². The highest BCUT2D eigenvalue weighted by atomic mass is 32.2. The number of Topliss-reactive ketones (excluding diaryl/α,β-unsaturated/α-hetero) is 1. The number of rotatable bonds is 7. The number of fused-ring (bicyclic) bond motifs is 1. The standard InChI is InChI=1S/C27H20N4O3S4/c1-14-24(37-15(2)28-14)22(32)20-21(19-11-6-12-35-19)31(25(34)23(20)33)26-29-30-27(38-26)36-13-17-9-5-8-16-7-3-4-10-18(16)17/h3-12,21,33H,13H2,1-2H3. The number of nitrogens with zero attached hydrogens (tertiary/aromatic N) is 4. The molecule has 1 atom stereocenters. The number of aromatic nitrogens is 3. The Hall–Kier alpha value is -3.38. The second kappa shape index (κ2) is 10.1. The number of aliphatic hydroxyl groups is 1. The molecule has 1 unspecified atom stereocenters. The zero-order chi connectivity index (χ0) is 26.4. The zero-order valence-electron chi connectivity index (χ0n) is 20.2. The van der Waals surface area contributed by atoms with Crippen LogP contribution in [-0.4, -0.2) is 32.0 Å². The lowest BCUT2D eigenvalue weighted by molar-refractivity contribution is -0.117. The number of thiophene rings is 1. The molecule has 3 aromatic heterocycles. The topological polar surface area (TPSA) is 96.3 Å². The van der Waals surface area contributed by atoms with Crippen molar-refractivity contribution in [1.82, 2.24) is 15.2 Å². The number of thiazole rings is 1. The minimum absolute atomic E-state index is 0.0457. The average Bonchev–Trinajstić information content (AvgIpc) is 3.71. The van der Waals surface area contributed by atoms with E-state index in [1.807, 2.05) is 42.6 Å². The number of thioether (sulfide) groups is 1. The Balaban J connectivity index is 1.31. The lowest BCUT2D eigenvalue weighted by Crippen LogP contribution is -2.30. The molecule has 0 saturated heterocycles. The molecule has 1 amide bonds. The fraction of sp³-hybridized carbons (Fsp3) is 0.148. The molecule has 6 rings (SSSR count). The summed E-state index contributed by atoms with van der Waals surface area (Å²) in [6, 6.07) is 17.4. The second-order valence-electron chi connectivity index (χ2n) is 8.61. The first-order chi connectivity index (χ1) is 18.4. The Morgan fingerprint density at radius 1 is 1.05 bits per heavy atom. The molecule has 1 N–H and O–H groups in total. The van der Waals surface area contributed by atoms with Crippen molar-refractivity contribution in [3.05, 3.63) is 97.3 Å². The number of aryl methyl sites for hydroxylation is 2. The van der Waals surface area contributed by atoms with Gasteiger partial charge in [-0.25, -0.2) is 4.98 Å². The molecule has 0 spiro atoms. The Labute approximate surface area is 234 Å². The highest BCUT2D eigenvalue weighted by Crippen LogP contribution is 2.45. The number of anilines is 1.